The molecule has 2 aromatic rings. The molecule has 1 fully saturated rings. The number of hydrogen-bond acceptors (Lipinski definition) is 5. The fraction of sp³-hybridized carbons (Fsp3) is 0.444. The van der Waals surface area contributed by atoms with E-state index in [-0.39, 0.29) is 17.1 Å². The van der Waals surface area contributed by atoms with Gasteiger partial charge in [0, 0.05) is 16.8 Å². The van der Waals surface area contributed by atoms with Crippen LogP contribution < -0.4 is 4.90 Å². The van der Waals surface area contributed by atoms with Gasteiger partial charge in [-0.3, -0.25) is 0 Å². The third kappa shape index (κ3) is 2.26. The zero-order chi connectivity index (χ0) is 16.2. The number of para-hydroxylation sites is 1. The summed E-state index contributed by atoms with van der Waals surface area (Å²) in [6.07, 6.45) is 0. The topological polar surface area (TPSA) is 37.5 Å². The maximum atomic E-state index is 5.99. The lowest BCUT2D eigenvalue weighted by atomic mass is 10.1. The summed E-state index contributed by atoms with van der Waals surface area (Å²) < 4.78 is 5.99. The average molecular weight is 327 g/mol. The minimum atomic E-state index is -0.251. The first kappa shape index (κ1) is 14.7. The van der Waals surface area contributed by atoms with Gasteiger partial charge in [-0.05, 0) is 39.8 Å². The minimum Gasteiger partial charge on any atom is -0.477 e. The molecule has 4 nitrogen and oxygen atoms in total. The van der Waals surface area contributed by atoms with Crippen LogP contribution in [-0.2, 0) is 4.74 Å². The third-order valence-electron chi connectivity index (χ3n) is 4.53. The highest BCUT2D eigenvalue weighted by molar-refractivity contribution is 7.09. The van der Waals surface area contributed by atoms with Crippen LogP contribution in [0.4, 0.5) is 5.69 Å². The van der Waals surface area contributed by atoms with Gasteiger partial charge in [0.15, 0.2) is 0 Å². The summed E-state index contributed by atoms with van der Waals surface area (Å²) in [4.78, 5) is 11.9. The van der Waals surface area contributed by atoms with Crippen LogP contribution in [0, 0.1) is 6.92 Å². The Labute approximate surface area is 140 Å². The molecule has 0 saturated carbocycles. The number of ether oxygens (including phenoxy) is 1. The van der Waals surface area contributed by atoms with Gasteiger partial charge in [-0.15, -0.1) is 11.3 Å². The van der Waals surface area contributed by atoms with Crippen molar-refractivity contribution in [1.29, 1.82) is 0 Å². The van der Waals surface area contributed by atoms with E-state index in [9.17, 15) is 0 Å². The van der Waals surface area contributed by atoms with Crippen molar-refractivity contribution in [2.75, 3.05) is 11.5 Å². The summed E-state index contributed by atoms with van der Waals surface area (Å²) in [6.45, 7) is 9.12. The maximum absolute atomic E-state index is 5.99. The molecule has 4 rings (SSSR count). The summed E-state index contributed by atoms with van der Waals surface area (Å²) in [5.74, 6) is 0.837. The molecule has 3 heterocycles. The molecule has 2 aliphatic heterocycles. The fourth-order valence-corrected chi connectivity index (χ4v) is 4.31. The second-order valence-electron chi connectivity index (χ2n) is 7.10. The number of nitrogens with zero attached hydrogens (tertiary/aromatic N) is 3. The van der Waals surface area contributed by atoms with Crippen LogP contribution in [0.1, 0.15) is 37.5 Å². The van der Waals surface area contributed by atoms with Crippen LogP contribution in [0.25, 0.3) is 0 Å². The van der Waals surface area contributed by atoms with Crippen molar-refractivity contribution >= 4 is 22.9 Å². The number of thiazole rings is 1. The Morgan fingerprint density at radius 2 is 1.96 bits per heavy atom. The minimum absolute atomic E-state index is 0.146. The Morgan fingerprint density at radius 3 is 2.52 bits per heavy atom. The summed E-state index contributed by atoms with van der Waals surface area (Å²) in [5.41, 5.74) is 1.86. The molecule has 5 heteroatoms. The predicted octanol–water partition coefficient (Wildman–Crippen LogP) is 3.98. The molecule has 2 atom stereocenters. The predicted molar refractivity (Wildman–Crippen MR) is 94.4 cm³/mol. The van der Waals surface area contributed by atoms with Gasteiger partial charge in [-0.1, -0.05) is 18.2 Å². The van der Waals surface area contributed by atoms with E-state index in [4.69, 9.17) is 14.7 Å². The monoisotopic (exact) mass is 327 g/mol. The smallest absolute Gasteiger partial charge is 0.213 e. The molecule has 0 aliphatic carbocycles. The second kappa shape index (κ2) is 4.81. The highest BCUT2D eigenvalue weighted by atomic mass is 32.1. The Bertz CT molecular complexity index is 768. The van der Waals surface area contributed by atoms with Crippen molar-refractivity contribution in [3.05, 3.63) is 46.4 Å². The first-order chi connectivity index (χ1) is 10.9. The van der Waals surface area contributed by atoms with Crippen LogP contribution in [-0.4, -0.2) is 28.6 Å². The van der Waals surface area contributed by atoms with Crippen LogP contribution in [0.3, 0.4) is 0 Å². The van der Waals surface area contributed by atoms with E-state index in [1.54, 1.807) is 11.3 Å². The molecular formula is C18H21N3OS. The molecule has 2 aliphatic rings. The Morgan fingerprint density at radius 1 is 1.22 bits per heavy atom. The summed E-state index contributed by atoms with van der Waals surface area (Å²) in [7, 11) is 0. The van der Waals surface area contributed by atoms with Crippen molar-refractivity contribution in [2.45, 2.75) is 44.8 Å². The number of aryl methyl sites for hydroxylation is 1. The maximum Gasteiger partial charge on any atom is 0.213 e. The van der Waals surface area contributed by atoms with Crippen LogP contribution in [0.2, 0.25) is 0 Å². The standard InChI is InChI=1S/C18H21N3OS/c1-12-10-23-15(19-12)14-18(4,16-20-17(2,3)11-22-16)21(14)13-8-6-5-7-9-13/h5-10,14H,11H2,1-4H3/t14-,18?,21?/m0/s1. The molecule has 1 aromatic heterocycles. The highest BCUT2D eigenvalue weighted by Gasteiger charge is 2.67. The van der Waals surface area contributed by atoms with Gasteiger partial charge in [-0.25, -0.2) is 9.98 Å². The lowest BCUT2D eigenvalue weighted by Gasteiger charge is -2.12. The van der Waals surface area contributed by atoms with Crippen molar-refractivity contribution in [3.8, 4) is 0 Å². The van der Waals surface area contributed by atoms with Gasteiger partial charge in [-0.2, -0.15) is 0 Å². The Hall–Kier alpha value is -1.88. The molecule has 0 radical (unpaired) electrons. The SMILES string of the molecule is Cc1csc([C@@H]2N(c3ccccc3)C2(C)C2=NC(C)(C)CO2)n1. The molecule has 0 spiro atoms. The summed E-state index contributed by atoms with van der Waals surface area (Å²) in [6, 6.07) is 10.6. The molecule has 120 valence electrons. The first-order valence-corrected chi connectivity index (χ1v) is 8.79. The van der Waals surface area contributed by atoms with Crippen molar-refractivity contribution in [1.82, 2.24) is 4.98 Å². The van der Waals surface area contributed by atoms with Crippen LogP contribution in [0.15, 0.2) is 40.7 Å². The van der Waals surface area contributed by atoms with Gasteiger partial charge in [0.1, 0.15) is 23.2 Å². The molecule has 1 unspecified atom stereocenters. The molecule has 23 heavy (non-hydrogen) atoms. The van der Waals surface area contributed by atoms with E-state index in [1.807, 2.05) is 13.0 Å². The first-order valence-electron chi connectivity index (χ1n) is 7.91. The van der Waals surface area contributed by atoms with E-state index in [2.05, 4.69) is 55.3 Å². The molecule has 0 N–H and O–H groups in total. The van der Waals surface area contributed by atoms with Gasteiger partial charge in [0.25, 0.3) is 0 Å². The average Bonchev–Trinajstić information content (AvgIpc) is 2.81. The van der Waals surface area contributed by atoms with E-state index >= 15 is 0 Å². The Balaban J connectivity index is 1.77. The molecule has 1 saturated heterocycles. The van der Waals surface area contributed by atoms with Gasteiger partial charge in [0.2, 0.25) is 5.90 Å². The van der Waals surface area contributed by atoms with Crippen molar-refractivity contribution < 1.29 is 4.74 Å². The molecule has 1 aromatic carbocycles. The van der Waals surface area contributed by atoms with E-state index in [0.717, 1.165) is 16.6 Å². The van der Waals surface area contributed by atoms with Gasteiger partial charge < -0.3 is 9.64 Å². The number of benzene rings is 1. The van der Waals surface area contributed by atoms with E-state index in [1.165, 1.54) is 5.69 Å². The Kier molecular flexibility index (Phi) is 3.07. The van der Waals surface area contributed by atoms with E-state index in [0.29, 0.717) is 6.61 Å². The van der Waals surface area contributed by atoms with Gasteiger partial charge >= 0.3 is 0 Å². The fourth-order valence-electron chi connectivity index (χ4n) is 3.31. The molecule has 0 bridgehead atoms. The zero-order valence-corrected chi connectivity index (χ0v) is 14.7. The normalized spacial score (nSPS) is 28.4. The van der Waals surface area contributed by atoms with Crippen LogP contribution in [0.5, 0.6) is 0 Å². The summed E-state index contributed by atoms with van der Waals surface area (Å²) >= 11 is 1.72. The number of aromatic nitrogens is 1. The van der Waals surface area contributed by atoms with Crippen LogP contribution >= 0.6 is 11.3 Å². The number of aliphatic imine (C=N–C) groups is 1. The lowest BCUT2D eigenvalue weighted by molar-refractivity contribution is 0.270. The van der Waals surface area contributed by atoms with Crippen molar-refractivity contribution in [2.24, 2.45) is 4.99 Å². The van der Waals surface area contributed by atoms with E-state index < -0.39 is 0 Å². The molecular weight excluding hydrogens is 306 g/mol. The summed E-state index contributed by atoms with van der Waals surface area (Å²) in [5, 5.41) is 3.24. The van der Waals surface area contributed by atoms with Gasteiger partial charge in [0.05, 0.1) is 5.54 Å². The lowest BCUT2D eigenvalue weighted by Crippen LogP contribution is -2.26. The number of hydrogen-bond donors (Lipinski definition) is 0. The zero-order valence-electron chi connectivity index (χ0n) is 13.9. The second-order valence-corrected chi connectivity index (χ2v) is 7.99. The third-order valence-corrected chi connectivity index (χ3v) is 5.54. The number of anilines is 1. The number of rotatable bonds is 3. The molecule has 0 amide bonds. The van der Waals surface area contributed by atoms with Crippen molar-refractivity contribution in [3.63, 3.8) is 0 Å². The highest BCUT2D eigenvalue weighted by Crippen LogP contribution is 2.58. The quantitative estimate of drug-likeness (QED) is 0.800. The largest absolute Gasteiger partial charge is 0.477 e.